The van der Waals surface area contributed by atoms with Gasteiger partial charge in [-0.05, 0) is 12.5 Å². The maximum atomic E-state index is 12.8. The number of carbonyl (C=O) groups excluding carboxylic acids is 1. The van der Waals surface area contributed by atoms with Crippen LogP contribution in [0.3, 0.4) is 0 Å². The summed E-state index contributed by atoms with van der Waals surface area (Å²) >= 11 is 1.69. The van der Waals surface area contributed by atoms with Crippen molar-refractivity contribution in [2.24, 2.45) is 11.7 Å². The summed E-state index contributed by atoms with van der Waals surface area (Å²) in [4.78, 5) is 21.6. The third kappa shape index (κ3) is 4.45. The van der Waals surface area contributed by atoms with Crippen LogP contribution < -0.4 is 5.73 Å². The fourth-order valence-electron chi connectivity index (χ4n) is 3.24. The number of nitrogens with two attached hydrogens (primary N) is 1. The van der Waals surface area contributed by atoms with Gasteiger partial charge in [0.1, 0.15) is 0 Å². The maximum Gasteiger partial charge on any atom is 0.227 e. The Kier molecular flexibility index (Phi) is 5.83. The quantitative estimate of drug-likeness (QED) is 0.892. The molecular weight excluding hydrogens is 332 g/mol. The first-order valence-electron chi connectivity index (χ1n) is 8.77. The zero-order valence-corrected chi connectivity index (χ0v) is 15.7. The Morgan fingerprint density at radius 1 is 1.24 bits per heavy atom. The molecule has 0 aliphatic carbocycles. The molecule has 1 aliphatic heterocycles. The van der Waals surface area contributed by atoms with Gasteiger partial charge in [-0.15, -0.1) is 11.3 Å². The van der Waals surface area contributed by atoms with Crippen molar-refractivity contribution >= 4 is 17.2 Å². The van der Waals surface area contributed by atoms with E-state index in [1.165, 1.54) is 0 Å². The van der Waals surface area contributed by atoms with Gasteiger partial charge in [-0.25, -0.2) is 4.98 Å². The highest BCUT2D eigenvalue weighted by molar-refractivity contribution is 7.09. The Labute approximate surface area is 153 Å². The molecule has 1 saturated heterocycles. The zero-order chi connectivity index (χ0) is 17.8. The van der Waals surface area contributed by atoms with E-state index in [4.69, 9.17) is 5.73 Å². The van der Waals surface area contributed by atoms with Crippen molar-refractivity contribution < 1.29 is 4.79 Å². The fraction of sp³-hybridized carbons (Fsp3) is 0.474. The predicted octanol–water partition coefficient (Wildman–Crippen LogP) is 2.43. The summed E-state index contributed by atoms with van der Waals surface area (Å²) in [5.74, 6) is -0.0596. The number of piperazine rings is 1. The van der Waals surface area contributed by atoms with Crippen molar-refractivity contribution in [2.45, 2.75) is 26.4 Å². The van der Waals surface area contributed by atoms with E-state index < -0.39 is 0 Å². The monoisotopic (exact) mass is 358 g/mol. The van der Waals surface area contributed by atoms with E-state index in [-0.39, 0.29) is 17.9 Å². The number of nitrogens with zero attached hydrogens (tertiary/aromatic N) is 3. The van der Waals surface area contributed by atoms with Crippen molar-refractivity contribution in [3.05, 3.63) is 52.0 Å². The molecule has 2 heterocycles. The number of hydrogen-bond donors (Lipinski definition) is 1. The largest absolute Gasteiger partial charge is 0.340 e. The Hall–Kier alpha value is -1.76. The van der Waals surface area contributed by atoms with E-state index in [2.05, 4.69) is 15.3 Å². The molecule has 1 amide bonds. The van der Waals surface area contributed by atoms with Gasteiger partial charge in [0, 0.05) is 44.1 Å². The number of amides is 1. The van der Waals surface area contributed by atoms with Gasteiger partial charge < -0.3 is 10.6 Å². The molecule has 2 aromatic rings. The van der Waals surface area contributed by atoms with Gasteiger partial charge in [-0.2, -0.15) is 0 Å². The minimum atomic E-state index is -0.260. The van der Waals surface area contributed by atoms with E-state index in [9.17, 15) is 4.79 Å². The van der Waals surface area contributed by atoms with Gasteiger partial charge in [0.05, 0.1) is 16.6 Å². The molecule has 1 aliphatic rings. The normalized spacial score (nSPS) is 18.1. The van der Waals surface area contributed by atoms with E-state index in [1.54, 1.807) is 11.3 Å². The summed E-state index contributed by atoms with van der Waals surface area (Å²) in [5.41, 5.74) is 8.45. The molecule has 25 heavy (non-hydrogen) atoms. The number of rotatable bonds is 5. The SMILES string of the molecule is Cc1nc(CN2CCN(C(=O)C(C)C(N)c3ccccc3)CC2)cs1. The number of aryl methyl sites for hydroxylation is 1. The third-order valence-corrected chi connectivity index (χ3v) is 5.67. The Morgan fingerprint density at radius 3 is 2.52 bits per heavy atom. The molecule has 5 nitrogen and oxygen atoms in total. The van der Waals surface area contributed by atoms with Crippen LogP contribution >= 0.6 is 11.3 Å². The standard InChI is InChI=1S/C19H26N4OS/c1-14(18(20)16-6-4-3-5-7-16)19(24)23-10-8-22(9-11-23)12-17-13-25-15(2)21-17/h3-7,13-14,18H,8-12,20H2,1-2H3. The molecular formula is C19H26N4OS. The summed E-state index contributed by atoms with van der Waals surface area (Å²) in [6, 6.07) is 9.61. The Morgan fingerprint density at radius 2 is 1.92 bits per heavy atom. The van der Waals surface area contributed by atoms with Crippen LogP contribution in [0.25, 0.3) is 0 Å². The third-order valence-electron chi connectivity index (χ3n) is 4.85. The van der Waals surface area contributed by atoms with Crippen molar-refractivity contribution in [3.63, 3.8) is 0 Å². The lowest BCUT2D eigenvalue weighted by Crippen LogP contribution is -2.50. The van der Waals surface area contributed by atoms with Crippen LogP contribution in [0.4, 0.5) is 0 Å². The van der Waals surface area contributed by atoms with Crippen LogP contribution in [0.15, 0.2) is 35.7 Å². The van der Waals surface area contributed by atoms with Crippen molar-refractivity contribution in [3.8, 4) is 0 Å². The first-order valence-corrected chi connectivity index (χ1v) is 9.65. The maximum absolute atomic E-state index is 12.8. The van der Waals surface area contributed by atoms with Gasteiger partial charge in [-0.1, -0.05) is 37.3 Å². The van der Waals surface area contributed by atoms with Crippen molar-refractivity contribution in [1.29, 1.82) is 0 Å². The molecule has 1 aromatic carbocycles. The van der Waals surface area contributed by atoms with Crippen molar-refractivity contribution in [2.75, 3.05) is 26.2 Å². The van der Waals surface area contributed by atoms with Gasteiger partial charge >= 0.3 is 0 Å². The van der Waals surface area contributed by atoms with E-state index in [0.29, 0.717) is 0 Å². The topological polar surface area (TPSA) is 62.5 Å². The molecule has 2 N–H and O–H groups in total. The highest BCUT2D eigenvalue weighted by atomic mass is 32.1. The molecule has 0 spiro atoms. The number of aromatic nitrogens is 1. The number of carbonyl (C=O) groups is 1. The van der Waals surface area contributed by atoms with Crippen LogP contribution in [-0.2, 0) is 11.3 Å². The van der Waals surface area contributed by atoms with Crippen LogP contribution in [0.2, 0.25) is 0 Å². The fourth-order valence-corrected chi connectivity index (χ4v) is 3.85. The predicted molar refractivity (Wildman–Crippen MR) is 101 cm³/mol. The number of benzene rings is 1. The molecule has 0 radical (unpaired) electrons. The second-order valence-electron chi connectivity index (χ2n) is 6.68. The minimum absolute atomic E-state index is 0.153. The highest BCUT2D eigenvalue weighted by Gasteiger charge is 2.29. The summed E-state index contributed by atoms with van der Waals surface area (Å²) in [6.45, 7) is 8.12. The summed E-state index contributed by atoms with van der Waals surface area (Å²) < 4.78 is 0. The molecule has 2 atom stereocenters. The molecule has 0 bridgehead atoms. The molecule has 1 fully saturated rings. The molecule has 0 saturated carbocycles. The lowest BCUT2D eigenvalue weighted by molar-refractivity contribution is -0.137. The van der Waals surface area contributed by atoms with Gasteiger partial charge in [0.25, 0.3) is 0 Å². The van der Waals surface area contributed by atoms with E-state index >= 15 is 0 Å². The lowest BCUT2D eigenvalue weighted by atomic mass is 9.94. The lowest BCUT2D eigenvalue weighted by Gasteiger charge is -2.36. The van der Waals surface area contributed by atoms with E-state index in [1.807, 2.05) is 49.1 Å². The summed E-state index contributed by atoms with van der Waals surface area (Å²) in [5, 5.41) is 3.22. The Bertz CT molecular complexity index is 694. The molecule has 1 aromatic heterocycles. The molecule has 6 heteroatoms. The van der Waals surface area contributed by atoms with Crippen LogP contribution in [0.1, 0.15) is 29.2 Å². The highest BCUT2D eigenvalue weighted by Crippen LogP contribution is 2.22. The second-order valence-corrected chi connectivity index (χ2v) is 7.75. The smallest absolute Gasteiger partial charge is 0.227 e. The minimum Gasteiger partial charge on any atom is -0.340 e. The first-order chi connectivity index (χ1) is 12.0. The average Bonchev–Trinajstić information content (AvgIpc) is 3.06. The molecule has 2 unspecified atom stereocenters. The van der Waals surface area contributed by atoms with Gasteiger partial charge in [0.2, 0.25) is 5.91 Å². The van der Waals surface area contributed by atoms with Crippen molar-refractivity contribution in [1.82, 2.24) is 14.8 Å². The number of thiazole rings is 1. The summed E-state index contributed by atoms with van der Waals surface area (Å²) in [7, 11) is 0. The Balaban J connectivity index is 1.52. The van der Waals surface area contributed by atoms with Crippen LogP contribution in [-0.4, -0.2) is 46.9 Å². The number of hydrogen-bond acceptors (Lipinski definition) is 5. The molecule has 134 valence electrons. The van der Waals surface area contributed by atoms with Crippen LogP contribution in [0, 0.1) is 12.8 Å². The van der Waals surface area contributed by atoms with Crippen LogP contribution in [0.5, 0.6) is 0 Å². The summed E-state index contributed by atoms with van der Waals surface area (Å²) in [6.07, 6.45) is 0. The van der Waals surface area contributed by atoms with Gasteiger partial charge in [0.15, 0.2) is 0 Å². The van der Waals surface area contributed by atoms with E-state index in [0.717, 1.165) is 49.0 Å². The molecule has 3 rings (SSSR count). The van der Waals surface area contributed by atoms with Gasteiger partial charge in [-0.3, -0.25) is 9.69 Å². The zero-order valence-electron chi connectivity index (χ0n) is 14.9. The first kappa shape index (κ1) is 18.0. The second kappa shape index (κ2) is 8.08. The average molecular weight is 359 g/mol.